The van der Waals surface area contributed by atoms with Gasteiger partial charge in [0.15, 0.2) is 5.90 Å². The van der Waals surface area contributed by atoms with Crippen molar-refractivity contribution >= 4 is 5.90 Å². The number of hydrogen-bond donors (Lipinski definition) is 2. The normalized spacial score (nSPS) is 26.0. The summed E-state index contributed by atoms with van der Waals surface area (Å²) < 4.78 is 5.92. The Bertz CT molecular complexity index is 278. The molecule has 4 heteroatoms. The van der Waals surface area contributed by atoms with Gasteiger partial charge in [0.1, 0.15) is 11.9 Å². The molecule has 0 aromatic heterocycles. The Labute approximate surface area is 104 Å². The molecule has 0 bridgehead atoms. The molecule has 0 aromatic rings. The molecule has 1 rings (SSSR count). The molecule has 4 nitrogen and oxygen atoms in total. The first-order valence-corrected chi connectivity index (χ1v) is 6.41. The number of ether oxygens (including phenoxy) is 1. The summed E-state index contributed by atoms with van der Waals surface area (Å²) in [5.41, 5.74) is 11.4. The minimum atomic E-state index is 0.242. The number of nitrogens with two attached hydrogens (primary N) is 2. The second kappa shape index (κ2) is 6.64. The maximum Gasteiger partial charge on any atom is 0.190 e. The van der Waals surface area contributed by atoms with E-state index in [9.17, 15) is 0 Å². The molecule has 0 atom stereocenters. The van der Waals surface area contributed by atoms with Gasteiger partial charge in [-0.2, -0.15) is 0 Å². The van der Waals surface area contributed by atoms with E-state index in [1.165, 1.54) is 0 Å². The van der Waals surface area contributed by atoms with Gasteiger partial charge in [0.2, 0.25) is 0 Å². The van der Waals surface area contributed by atoms with Crippen molar-refractivity contribution in [3.8, 4) is 0 Å². The van der Waals surface area contributed by atoms with Crippen LogP contribution in [0, 0.1) is 5.92 Å². The first-order valence-electron chi connectivity index (χ1n) is 6.41. The largest absolute Gasteiger partial charge is 0.477 e. The van der Waals surface area contributed by atoms with Gasteiger partial charge in [-0.3, -0.25) is 0 Å². The zero-order valence-electron chi connectivity index (χ0n) is 11.0. The fraction of sp³-hybridized carbons (Fsp3) is 0.769. The van der Waals surface area contributed by atoms with Crippen molar-refractivity contribution in [3.63, 3.8) is 0 Å². The van der Waals surface area contributed by atoms with E-state index >= 15 is 0 Å². The van der Waals surface area contributed by atoms with Crippen LogP contribution in [0.1, 0.15) is 46.0 Å². The Kier molecular flexibility index (Phi) is 5.48. The predicted molar refractivity (Wildman–Crippen MR) is 71.5 cm³/mol. The highest BCUT2D eigenvalue weighted by Gasteiger charge is 2.21. The zero-order chi connectivity index (χ0) is 12.8. The van der Waals surface area contributed by atoms with Crippen molar-refractivity contribution in [2.24, 2.45) is 22.4 Å². The number of rotatable bonds is 4. The molecule has 1 aliphatic carbocycles. The fourth-order valence-electron chi connectivity index (χ4n) is 2.03. The van der Waals surface area contributed by atoms with Gasteiger partial charge in [-0.25, -0.2) is 4.99 Å². The quantitative estimate of drug-likeness (QED) is 0.583. The SMILES string of the molecule is C=C(N)/N=C(\CC(C)C)OC1CCC(N)CC1. The molecule has 1 fully saturated rings. The van der Waals surface area contributed by atoms with Gasteiger partial charge in [0.25, 0.3) is 0 Å². The zero-order valence-corrected chi connectivity index (χ0v) is 11.0. The molecule has 4 N–H and O–H groups in total. The highest BCUT2D eigenvalue weighted by molar-refractivity contribution is 5.77. The van der Waals surface area contributed by atoms with Gasteiger partial charge in [-0.05, 0) is 31.6 Å². The van der Waals surface area contributed by atoms with Crippen LogP contribution in [0.25, 0.3) is 0 Å². The molecule has 0 saturated heterocycles. The van der Waals surface area contributed by atoms with Crippen LogP contribution in [0.5, 0.6) is 0 Å². The van der Waals surface area contributed by atoms with Gasteiger partial charge >= 0.3 is 0 Å². The monoisotopic (exact) mass is 239 g/mol. The maximum atomic E-state index is 5.92. The second-order valence-electron chi connectivity index (χ2n) is 5.25. The molecule has 1 aliphatic rings. The summed E-state index contributed by atoms with van der Waals surface area (Å²) in [5.74, 6) is 1.53. The average molecular weight is 239 g/mol. The molecule has 0 aromatic carbocycles. The van der Waals surface area contributed by atoms with Crippen LogP contribution in [-0.4, -0.2) is 18.0 Å². The van der Waals surface area contributed by atoms with Crippen molar-refractivity contribution in [2.45, 2.75) is 58.1 Å². The summed E-state index contributed by atoms with van der Waals surface area (Å²) in [5, 5.41) is 0. The van der Waals surface area contributed by atoms with E-state index in [1.54, 1.807) is 0 Å². The van der Waals surface area contributed by atoms with E-state index in [-0.39, 0.29) is 6.10 Å². The van der Waals surface area contributed by atoms with Crippen LogP contribution < -0.4 is 11.5 Å². The molecule has 17 heavy (non-hydrogen) atoms. The van der Waals surface area contributed by atoms with E-state index < -0.39 is 0 Å². The maximum absolute atomic E-state index is 5.92. The van der Waals surface area contributed by atoms with Crippen LogP contribution in [-0.2, 0) is 4.74 Å². The first-order chi connectivity index (χ1) is 7.97. The van der Waals surface area contributed by atoms with Gasteiger partial charge in [0, 0.05) is 12.5 Å². The Morgan fingerprint density at radius 1 is 1.35 bits per heavy atom. The third kappa shape index (κ3) is 5.73. The summed E-state index contributed by atoms with van der Waals surface area (Å²) in [6, 6.07) is 0.338. The highest BCUT2D eigenvalue weighted by atomic mass is 16.5. The standard InChI is InChI=1S/C13H25N3O/c1-9(2)8-13(16-10(3)14)17-12-6-4-11(15)5-7-12/h9,11-12H,3-8,14-15H2,1-2H3/b16-13+. The summed E-state index contributed by atoms with van der Waals surface area (Å²) in [6.07, 6.45) is 5.13. The molecule has 98 valence electrons. The molecule has 0 heterocycles. The Balaban J connectivity index is 2.51. The minimum Gasteiger partial charge on any atom is -0.477 e. The molecule has 0 spiro atoms. The van der Waals surface area contributed by atoms with E-state index in [4.69, 9.17) is 16.2 Å². The number of hydrogen-bond acceptors (Lipinski definition) is 4. The summed E-state index contributed by atoms with van der Waals surface area (Å²) in [7, 11) is 0. The lowest BCUT2D eigenvalue weighted by Crippen LogP contribution is -2.31. The van der Waals surface area contributed by atoms with E-state index in [0.717, 1.165) is 32.1 Å². The third-order valence-electron chi connectivity index (χ3n) is 2.87. The molecule has 1 saturated carbocycles. The van der Waals surface area contributed by atoms with Crippen molar-refractivity contribution in [3.05, 3.63) is 12.4 Å². The van der Waals surface area contributed by atoms with E-state index in [1.807, 2.05) is 0 Å². The topological polar surface area (TPSA) is 73.6 Å². The molecular weight excluding hydrogens is 214 g/mol. The first kappa shape index (κ1) is 14.0. The Morgan fingerprint density at radius 3 is 2.41 bits per heavy atom. The second-order valence-corrected chi connectivity index (χ2v) is 5.25. The third-order valence-corrected chi connectivity index (χ3v) is 2.87. The average Bonchev–Trinajstić information content (AvgIpc) is 2.19. The summed E-state index contributed by atoms with van der Waals surface area (Å²) >= 11 is 0. The van der Waals surface area contributed by atoms with Gasteiger partial charge in [-0.15, -0.1) is 0 Å². The van der Waals surface area contributed by atoms with E-state index in [2.05, 4.69) is 25.4 Å². The van der Waals surface area contributed by atoms with Crippen molar-refractivity contribution in [2.75, 3.05) is 0 Å². The van der Waals surface area contributed by atoms with Crippen molar-refractivity contribution in [1.29, 1.82) is 0 Å². The van der Waals surface area contributed by atoms with Crippen LogP contribution in [0.2, 0.25) is 0 Å². The van der Waals surface area contributed by atoms with Crippen molar-refractivity contribution in [1.82, 2.24) is 0 Å². The Morgan fingerprint density at radius 2 is 1.94 bits per heavy atom. The molecule has 0 amide bonds. The van der Waals surface area contributed by atoms with Crippen LogP contribution in [0.15, 0.2) is 17.4 Å². The number of nitrogens with zero attached hydrogens (tertiary/aromatic N) is 1. The van der Waals surface area contributed by atoms with Crippen LogP contribution >= 0.6 is 0 Å². The van der Waals surface area contributed by atoms with Crippen LogP contribution in [0.3, 0.4) is 0 Å². The molecular formula is C13H25N3O. The fourth-order valence-corrected chi connectivity index (χ4v) is 2.03. The summed E-state index contributed by atoms with van der Waals surface area (Å²) in [4.78, 5) is 4.18. The number of aliphatic imine (C=N–C) groups is 1. The van der Waals surface area contributed by atoms with E-state index in [0.29, 0.717) is 23.7 Å². The van der Waals surface area contributed by atoms with Crippen molar-refractivity contribution < 1.29 is 4.74 Å². The lowest BCUT2D eigenvalue weighted by molar-refractivity contribution is 0.129. The predicted octanol–water partition coefficient (Wildman–Crippen LogP) is 2.15. The van der Waals surface area contributed by atoms with Gasteiger partial charge in [0.05, 0.1) is 0 Å². The smallest absolute Gasteiger partial charge is 0.190 e. The summed E-state index contributed by atoms with van der Waals surface area (Å²) in [6.45, 7) is 7.87. The lowest BCUT2D eigenvalue weighted by atomic mass is 9.93. The molecule has 0 aliphatic heterocycles. The van der Waals surface area contributed by atoms with Gasteiger partial charge < -0.3 is 16.2 Å². The lowest BCUT2D eigenvalue weighted by Gasteiger charge is -2.27. The molecule has 0 radical (unpaired) electrons. The highest BCUT2D eigenvalue weighted by Crippen LogP contribution is 2.21. The minimum absolute atomic E-state index is 0.242. The van der Waals surface area contributed by atoms with Crippen LogP contribution in [0.4, 0.5) is 0 Å². The Hall–Kier alpha value is -1.03. The molecule has 0 unspecified atom stereocenters. The van der Waals surface area contributed by atoms with Gasteiger partial charge in [-0.1, -0.05) is 20.4 Å².